The van der Waals surface area contributed by atoms with Gasteiger partial charge in [0.1, 0.15) is 18.4 Å². The highest BCUT2D eigenvalue weighted by molar-refractivity contribution is 6.76. The van der Waals surface area contributed by atoms with E-state index < -0.39 is 13.7 Å². The lowest BCUT2D eigenvalue weighted by atomic mass is 9.76. The number of hydrogen-bond acceptors (Lipinski definition) is 5. The van der Waals surface area contributed by atoms with Crippen molar-refractivity contribution in [2.75, 3.05) is 11.9 Å². The number of rotatable bonds is 11. The fraction of sp³-hybridized carbons (Fsp3) is 0.553. The summed E-state index contributed by atoms with van der Waals surface area (Å²) >= 11 is 0. The lowest BCUT2D eigenvalue weighted by Gasteiger charge is -2.44. The van der Waals surface area contributed by atoms with Gasteiger partial charge in [-0.05, 0) is 83.6 Å². The Hall–Kier alpha value is -3.25. The summed E-state index contributed by atoms with van der Waals surface area (Å²) < 4.78 is 14.4. The van der Waals surface area contributed by atoms with Crippen molar-refractivity contribution in [3.05, 3.63) is 71.3 Å². The molecule has 3 aliphatic rings. The van der Waals surface area contributed by atoms with E-state index in [1.165, 1.54) is 11.1 Å². The van der Waals surface area contributed by atoms with Crippen molar-refractivity contribution in [3.8, 4) is 6.07 Å². The number of ether oxygens (including phenoxy) is 2. The monoisotopic (exact) mass is 640 g/mol. The normalized spacial score (nSPS) is 23.8. The van der Waals surface area contributed by atoms with Gasteiger partial charge in [0.05, 0.1) is 5.60 Å². The first-order valence-electron chi connectivity index (χ1n) is 16.9. The van der Waals surface area contributed by atoms with Crippen LogP contribution >= 0.6 is 0 Å². The Morgan fingerprint density at radius 1 is 1.15 bits per heavy atom. The zero-order valence-electron chi connectivity index (χ0n) is 29.3. The minimum absolute atomic E-state index is 0.172. The number of nitrogens with one attached hydrogen (secondary N) is 1. The molecule has 7 nitrogen and oxygen atoms in total. The summed E-state index contributed by atoms with van der Waals surface area (Å²) in [5, 5.41) is 12.7. The summed E-state index contributed by atoms with van der Waals surface area (Å²) in [5.41, 5.74) is 5.16. The summed E-state index contributed by atoms with van der Waals surface area (Å²) in [6, 6.07) is 9.50. The average molecular weight is 641 g/mol. The molecule has 2 aliphatic heterocycles. The molecule has 1 amide bonds. The Morgan fingerprint density at radius 2 is 1.91 bits per heavy atom. The zero-order valence-corrected chi connectivity index (χ0v) is 30.3. The first kappa shape index (κ1) is 34.1. The standard InChI is InChI=1S/C38H52N4O3Si/c1-26(2)37-16-17-38(45-37,27(3)4)22-30(21-37)29-10-11-33(32(20-29)28-12-14-36(5,6)15-13-28)41-35(43)34-40-31(23-39)24-42(34)25-44-18-19-46(7,8)9/h10-12,16-17,20-21,24,26-27H,13-15,18-19,22,25H2,1-9H3,(H,41,43). The molecule has 1 aromatic heterocycles. The summed E-state index contributed by atoms with van der Waals surface area (Å²) in [5.74, 6) is 0.440. The van der Waals surface area contributed by atoms with E-state index in [2.05, 4.69) is 114 Å². The Bertz CT molecular complexity index is 1620. The van der Waals surface area contributed by atoms with Gasteiger partial charge in [-0.2, -0.15) is 5.26 Å². The number of carbonyl (C=O) groups excluding carboxylic acids is 1. The van der Waals surface area contributed by atoms with Crippen molar-refractivity contribution in [1.29, 1.82) is 5.26 Å². The minimum Gasteiger partial charge on any atom is -0.361 e. The number of benzene rings is 1. The van der Waals surface area contributed by atoms with Gasteiger partial charge >= 0.3 is 0 Å². The number of allylic oxidation sites excluding steroid dienone is 2. The van der Waals surface area contributed by atoms with Gasteiger partial charge in [0, 0.05) is 38.5 Å². The summed E-state index contributed by atoms with van der Waals surface area (Å²) in [7, 11) is -1.26. The molecule has 0 saturated carbocycles. The Kier molecular flexibility index (Phi) is 9.45. The van der Waals surface area contributed by atoms with Crippen LogP contribution < -0.4 is 5.32 Å². The van der Waals surface area contributed by atoms with Gasteiger partial charge in [0.15, 0.2) is 5.69 Å². The van der Waals surface area contributed by atoms with Gasteiger partial charge in [0.2, 0.25) is 5.82 Å². The number of nitrogens with zero attached hydrogens (tertiary/aromatic N) is 3. The van der Waals surface area contributed by atoms with Gasteiger partial charge in [-0.15, -0.1) is 0 Å². The summed E-state index contributed by atoms with van der Waals surface area (Å²) in [6.07, 6.45) is 14.6. The van der Waals surface area contributed by atoms with E-state index in [9.17, 15) is 10.1 Å². The van der Waals surface area contributed by atoms with Crippen LogP contribution in [0.3, 0.4) is 0 Å². The van der Waals surface area contributed by atoms with E-state index in [4.69, 9.17) is 9.47 Å². The number of aromatic nitrogens is 2. The van der Waals surface area contributed by atoms with Crippen LogP contribution in [0.15, 0.2) is 48.7 Å². The molecule has 0 radical (unpaired) electrons. The van der Waals surface area contributed by atoms with E-state index >= 15 is 0 Å². The minimum atomic E-state index is -1.26. The summed E-state index contributed by atoms with van der Waals surface area (Å²) in [4.78, 5) is 18.2. The van der Waals surface area contributed by atoms with Gasteiger partial charge < -0.3 is 19.4 Å². The predicted molar refractivity (Wildman–Crippen MR) is 189 cm³/mol. The van der Waals surface area contributed by atoms with Gasteiger partial charge in [-0.1, -0.05) is 79.4 Å². The molecule has 5 rings (SSSR count). The molecule has 2 unspecified atom stereocenters. The number of nitriles is 1. The van der Waals surface area contributed by atoms with Gasteiger partial charge in [-0.3, -0.25) is 4.79 Å². The smallest absolute Gasteiger partial charge is 0.291 e. The second-order valence-electron chi connectivity index (χ2n) is 16.1. The van der Waals surface area contributed by atoms with Crippen LogP contribution in [0.25, 0.3) is 11.1 Å². The molecule has 246 valence electrons. The number of carbonyl (C=O) groups is 1. The van der Waals surface area contributed by atoms with Crippen molar-refractivity contribution >= 4 is 30.8 Å². The molecule has 46 heavy (non-hydrogen) atoms. The van der Waals surface area contributed by atoms with E-state index in [1.54, 1.807) is 10.8 Å². The van der Waals surface area contributed by atoms with E-state index in [0.717, 1.165) is 48.5 Å². The number of anilines is 1. The predicted octanol–water partition coefficient (Wildman–Crippen LogP) is 9.08. The van der Waals surface area contributed by atoms with Crippen molar-refractivity contribution in [1.82, 2.24) is 9.55 Å². The molecule has 2 atom stereocenters. The third kappa shape index (κ3) is 7.17. The molecule has 1 aromatic carbocycles. The molecule has 0 spiro atoms. The Morgan fingerprint density at radius 3 is 2.54 bits per heavy atom. The zero-order chi connectivity index (χ0) is 33.5. The molecule has 3 heterocycles. The fourth-order valence-electron chi connectivity index (χ4n) is 6.55. The highest BCUT2D eigenvalue weighted by Crippen LogP contribution is 2.51. The van der Waals surface area contributed by atoms with Crippen LogP contribution in [0.1, 0.15) is 94.7 Å². The number of amides is 1. The second-order valence-corrected chi connectivity index (χ2v) is 21.7. The molecule has 2 aromatic rings. The fourth-order valence-corrected chi connectivity index (χ4v) is 7.30. The lowest BCUT2D eigenvalue weighted by molar-refractivity contribution is -0.110. The second kappa shape index (κ2) is 12.7. The van der Waals surface area contributed by atoms with Crippen molar-refractivity contribution < 1.29 is 14.3 Å². The van der Waals surface area contributed by atoms with E-state index in [1.807, 2.05) is 6.07 Å². The van der Waals surface area contributed by atoms with Crippen LogP contribution in [-0.4, -0.2) is 41.3 Å². The quantitative estimate of drug-likeness (QED) is 0.150. The van der Waals surface area contributed by atoms with Crippen LogP contribution in [0.2, 0.25) is 25.7 Å². The average Bonchev–Trinajstić information content (AvgIpc) is 3.54. The van der Waals surface area contributed by atoms with Crippen molar-refractivity contribution in [2.24, 2.45) is 17.3 Å². The lowest BCUT2D eigenvalue weighted by Crippen LogP contribution is -2.45. The molecule has 0 fully saturated rings. The largest absolute Gasteiger partial charge is 0.361 e. The molecule has 0 saturated heterocycles. The van der Waals surface area contributed by atoms with Gasteiger partial charge in [-0.25, -0.2) is 4.98 Å². The van der Waals surface area contributed by atoms with Gasteiger partial charge in [0.25, 0.3) is 5.91 Å². The maximum Gasteiger partial charge on any atom is 0.291 e. The van der Waals surface area contributed by atoms with Crippen LogP contribution in [0.5, 0.6) is 0 Å². The maximum atomic E-state index is 13.8. The van der Waals surface area contributed by atoms with Crippen molar-refractivity contribution in [3.63, 3.8) is 0 Å². The first-order valence-corrected chi connectivity index (χ1v) is 20.6. The topological polar surface area (TPSA) is 89.2 Å². The third-order valence-electron chi connectivity index (χ3n) is 10.0. The Balaban J connectivity index is 1.48. The molecule has 1 aliphatic carbocycles. The van der Waals surface area contributed by atoms with Crippen LogP contribution in [0.4, 0.5) is 5.69 Å². The number of imidazole rings is 1. The highest BCUT2D eigenvalue weighted by atomic mass is 28.3. The maximum absolute atomic E-state index is 13.8. The third-order valence-corrected chi connectivity index (χ3v) is 11.7. The van der Waals surface area contributed by atoms with Crippen LogP contribution in [0, 0.1) is 28.6 Å². The molecular formula is C38H52N4O3Si. The molecule has 1 N–H and O–H groups in total. The molecular weight excluding hydrogens is 589 g/mol. The first-order chi connectivity index (χ1) is 21.6. The van der Waals surface area contributed by atoms with E-state index in [0.29, 0.717) is 18.4 Å². The molecule has 2 bridgehead atoms. The van der Waals surface area contributed by atoms with Crippen LogP contribution in [-0.2, 0) is 16.2 Å². The number of fused-ring (bicyclic) bond motifs is 2. The number of hydrogen-bond donors (Lipinski definition) is 1. The highest BCUT2D eigenvalue weighted by Gasteiger charge is 2.50. The SMILES string of the molecule is CC(C)C12C=CC(C(C)C)(CC(c3ccc(NC(=O)c4nc(C#N)cn4COCC[Si](C)(C)C)c(C4=CCC(C)(C)CC4)c3)=C1)O2. The van der Waals surface area contributed by atoms with E-state index in [-0.39, 0.29) is 35.2 Å². The van der Waals surface area contributed by atoms with Crippen molar-refractivity contribution in [2.45, 2.75) is 111 Å². The Labute approximate surface area is 276 Å². The molecule has 8 heteroatoms. The summed E-state index contributed by atoms with van der Waals surface area (Å²) in [6.45, 7) is 21.2.